The third-order valence-electron chi connectivity index (χ3n) is 2.59. The molecule has 0 spiro atoms. The Labute approximate surface area is 108 Å². The number of hydrogen-bond acceptors (Lipinski definition) is 5. The van der Waals surface area contributed by atoms with E-state index in [0.717, 1.165) is 0 Å². The smallest absolute Gasteiger partial charge is 0.180 e. The van der Waals surface area contributed by atoms with Crippen LogP contribution in [0.2, 0.25) is 0 Å². The molecule has 1 aromatic carbocycles. The number of ether oxygens (including phenoxy) is 2. The highest BCUT2D eigenvalue weighted by atomic mass is 32.2. The van der Waals surface area contributed by atoms with Gasteiger partial charge in [0.15, 0.2) is 9.84 Å². The molecule has 102 valence electrons. The van der Waals surface area contributed by atoms with Gasteiger partial charge in [-0.2, -0.15) is 0 Å². The Morgan fingerprint density at radius 1 is 1.22 bits per heavy atom. The summed E-state index contributed by atoms with van der Waals surface area (Å²) in [7, 11) is -1.78. The van der Waals surface area contributed by atoms with Crippen molar-refractivity contribution in [2.24, 2.45) is 0 Å². The Bertz CT molecular complexity index is 485. The van der Waals surface area contributed by atoms with E-state index in [4.69, 9.17) is 15.2 Å². The van der Waals surface area contributed by atoms with Crippen molar-refractivity contribution in [3.63, 3.8) is 0 Å². The number of benzene rings is 1. The zero-order valence-corrected chi connectivity index (χ0v) is 11.5. The second-order valence-electron chi connectivity index (χ2n) is 3.89. The first kappa shape index (κ1) is 14.9. The molecule has 1 aromatic rings. The van der Waals surface area contributed by atoms with Gasteiger partial charge in [-0.15, -0.1) is 0 Å². The van der Waals surface area contributed by atoms with Crippen molar-refractivity contribution in [2.45, 2.75) is 11.8 Å². The van der Waals surface area contributed by atoms with E-state index in [2.05, 4.69) is 0 Å². The minimum Gasteiger partial charge on any atom is -0.398 e. The Hall–Kier alpha value is -1.11. The molecule has 0 radical (unpaired) electrons. The summed E-state index contributed by atoms with van der Waals surface area (Å²) in [5.74, 6) is -0.0546. The highest BCUT2D eigenvalue weighted by Gasteiger charge is 2.17. The molecule has 0 aliphatic rings. The predicted molar refractivity (Wildman–Crippen MR) is 70.3 cm³/mol. The van der Waals surface area contributed by atoms with Crippen molar-refractivity contribution >= 4 is 15.5 Å². The molecular weight excluding hydrogens is 254 g/mol. The van der Waals surface area contributed by atoms with E-state index in [1.165, 1.54) is 0 Å². The van der Waals surface area contributed by atoms with Crippen molar-refractivity contribution in [1.29, 1.82) is 0 Å². The maximum absolute atomic E-state index is 12.1. The molecular formula is C12H19NO4S. The van der Waals surface area contributed by atoms with E-state index in [0.29, 0.717) is 24.5 Å². The first-order valence-corrected chi connectivity index (χ1v) is 7.29. The maximum atomic E-state index is 12.1. The summed E-state index contributed by atoms with van der Waals surface area (Å²) in [5, 5.41) is 0. The number of methoxy groups -OCH3 is 1. The lowest BCUT2D eigenvalue weighted by atomic mass is 10.2. The molecule has 2 N–H and O–H groups in total. The van der Waals surface area contributed by atoms with Gasteiger partial charge in [0.25, 0.3) is 0 Å². The van der Waals surface area contributed by atoms with Crippen LogP contribution >= 0.6 is 0 Å². The zero-order chi connectivity index (χ0) is 13.6. The van der Waals surface area contributed by atoms with Gasteiger partial charge in [0.1, 0.15) is 0 Å². The van der Waals surface area contributed by atoms with Gasteiger partial charge in [-0.05, 0) is 24.6 Å². The minimum atomic E-state index is -3.35. The van der Waals surface area contributed by atoms with Crippen LogP contribution in [-0.4, -0.2) is 41.1 Å². The molecule has 1 rings (SSSR count). The Morgan fingerprint density at radius 2 is 1.94 bits per heavy atom. The molecule has 0 saturated carbocycles. The zero-order valence-electron chi connectivity index (χ0n) is 10.7. The normalized spacial score (nSPS) is 11.7. The summed E-state index contributed by atoms with van der Waals surface area (Å²) in [6.45, 7) is 2.70. The second kappa shape index (κ2) is 6.72. The molecule has 0 heterocycles. The summed E-state index contributed by atoms with van der Waals surface area (Å²) in [4.78, 5) is 0.276. The number of rotatable bonds is 7. The fraction of sp³-hybridized carbons (Fsp3) is 0.500. The van der Waals surface area contributed by atoms with Crippen molar-refractivity contribution in [1.82, 2.24) is 0 Å². The van der Waals surface area contributed by atoms with Crippen LogP contribution in [0.25, 0.3) is 0 Å². The summed E-state index contributed by atoms with van der Waals surface area (Å²) in [6.07, 6.45) is 0. The van der Waals surface area contributed by atoms with Crippen LogP contribution in [0.5, 0.6) is 0 Å². The number of sulfone groups is 1. The molecule has 0 aromatic heterocycles. The monoisotopic (exact) mass is 273 g/mol. The Morgan fingerprint density at radius 3 is 2.61 bits per heavy atom. The van der Waals surface area contributed by atoms with Crippen LogP contribution in [-0.2, 0) is 19.3 Å². The van der Waals surface area contributed by atoms with E-state index in [9.17, 15) is 8.42 Å². The molecule has 0 amide bonds. The third kappa shape index (κ3) is 3.97. The summed E-state index contributed by atoms with van der Waals surface area (Å²) < 4.78 is 34.1. The fourth-order valence-corrected chi connectivity index (χ4v) is 2.92. The fourth-order valence-electron chi connectivity index (χ4n) is 1.49. The van der Waals surface area contributed by atoms with Gasteiger partial charge in [-0.3, -0.25) is 0 Å². The van der Waals surface area contributed by atoms with E-state index in [1.807, 2.05) is 0 Å². The highest BCUT2D eigenvalue weighted by Crippen LogP contribution is 2.21. The van der Waals surface area contributed by atoms with Gasteiger partial charge in [0.2, 0.25) is 0 Å². The molecule has 0 bridgehead atoms. The lowest BCUT2D eigenvalue weighted by Crippen LogP contribution is -2.15. The largest absolute Gasteiger partial charge is 0.398 e. The number of hydrogen-bond donors (Lipinski definition) is 1. The van der Waals surface area contributed by atoms with Crippen molar-refractivity contribution in [3.8, 4) is 0 Å². The van der Waals surface area contributed by atoms with E-state index in [-0.39, 0.29) is 17.3 Å². The topological polar surface area (TPSA) is 78.6 Å². The van der Waals surface area contributed by atoms with E-state index in [1.54, 1.807) is 32.2 Å². The number of anilines is 1. The predicted octanol–water partition coefficient (Wildman–Crippen LogP) is 1.01. The Balaban J connectivity index is 2.66. The quantitative estimate of drug-likeness (QED) is 0.592. The summed E-state index contributed by atoms with van der Waals surface area (Å²) >= 11 is 0. The van der Waals surface area contributed by atoms with Crippen molar-refractivity contribution in [2.75, 3.05) is 38.4 Å². The van der Waals surface area contributed by atoms with Crippen molar-refractivity contribution < 1.29 is 17.9 Å². The lowest BCUT2D eigenvalue weighted by molar-refractivity contribution is 0.0785. The van der Waals surface area contributed by atoms with E-state index >= 15 is 0 Å². The molecule has 0 aliphatic heterocycles. The van der Waals surface area contributed by atoms with Gasteiger partial charge in [-0.1, -0.05) is 6.07 Å². The van der Waals surface area contributed by atoms with Crippen LogP contribution in [0, 0.1) is 6.92 Å². The molecule has 18 heavy (non-hydrogen) atoms. The summed E-state index contributed by atoms with van der Waals surface area (Å²) in [6, 6.07) is 4.89. The average molecular weight is 273 g/mol. The van der Waals surface area contributed by atoms with Crippen LogP contribution < -0.4 is 5.73 Å². The van der Waals surface area contributed by atoms with Gasteiger partial charge < -0.3 is 15.2 Å². The van der Waals surface area contributed by atoms with Gasteiger partial charge in [0.05, 0.1) is 30.5 Å². The third-order valence-corrected chi connectivity index (χ3v) is 4.41. The lowest BCUT2D eigenvalue weighted by Gasteiger charge is -2.09. The standard InChI is InChI=1S/C12H19NO4S/c1-10-11(13)4-3-5-12(10)18(14,15)9-8-17-7-6-16-2/h3-5H,6-9,13H2,1-2H3. The molecule has 0 unspecified atom stereocenters. The highest BCUT2D eigenvalue weighted by molar-refractivity contribution is 7.91. The molecule has 0 saturated heterocycles. The van der Waals surface area contributed by atoms with Gasteiger partial charge in [-0.25, -0.2) is 8.42 Å². The minimum absolute atomic E-state index is 0.0546. The van der Waals surface area contributed by atoms with Crippen molar-refractivity contribution in [3.05, 3.63) is 23.8 Å². The molecule has 6 heteroatoms. The van der Waals surface area contributed by atoms with Crippen LogP contribution in [0.15, 0.2) is 23.1 Å². The molecule has 0 fully saturated rings. The maximum Gasteiger partial charge on any atom is 0.180 e. The van der Waals surface area contributed by atoms with Gasteiger partial charge in [0, 0.05) is 12.8 Å². The molecule has 0 aliphatic carbocycles. The molecule has 5 nitrogen and oxygen atoms in total. The summed E-state index contributed by atoms with van der Waals surface area (Å²) in [5.41, 5.74) is 6.77. The first-order chi connectivity index (χ1) is 8.49. The van der Waals surface area contributed by atoms with E-state index < -0.39 is 9.84 Å². The number of nitrogens with two attached hydrogens (primary N) is 1. The van der Waals surface area contributed by atoms with Crippen LogP contribution in [0.3, 0.4) is 0 Å². The SMILES string of the molecule is COCCOCCS(=O)(=O)c1cccc(N)c1C. The average Bonchev–Trinajstić information content (AvgIpc) is 2.32. The van der Waals surface area contributed by atoms with Crippen LogP contribution in [0.4, 0.5) is 5.69 Å². The molecule has 0 atom stereocenters. The first-order valence-electron chi connectivity index (χ1n) is 5.63. The van der Waals surface area contributed by atoms with Crippen LogP contribution in [0.1, 0.15) is 5.56 Å². The number of nitrogen functional groups attached to an aromatic ring is 1. The Kier molecular flexibility index (Phi) is 5.58. The second-order valence-corrected chi connectivity index (χ2v) is 5.97. The van der Waals surface area contributed by atoms with Gasteiger partial charge >= 0.3 is 0 Å².